The van der Waals surface area contributed by atoms with Gasteiger partial charge < -0.3 is 14.6 Å². The average Bonchev–Trinajstić information content (AvgIpc) is 2.58. The summed E-state index contributed by atoms with van der Waals surface area (Å²) in [6.07, 6.45) is -4.58. The molecule has 0 radical (unpaired) electrons. The molecule has 0 fully saturated rings. The van der Waals surface area contributed by atoms with Crippen molar-refractivity contribution in [1.82, 2.24) is 0 Å². The molecule has 146 valence electrons. The van der Waals surface area contributed by atoms with Crippen LogP contribution in [0.15, 0.2) is 47.4 Å². The molecule has 27 heavy (non-hydrogen) atoms. The van der Waals surface area contributed by atoms with Gasteiger partial charge in [-0.3, -0.25) is 0 Å². The van der Waals surface area contributed by atoms with Crippen LogP contribution in [0.2, 0.25) is 0 Å². The number of thioether (sulfide) groups is 1. The molecule has 0 aromatic heterocycles. The summed E-state index contributed by atoms with van der Waals surface area (Å²) in [4.78, 5) is 11.5. The van der Waals surface area contributed by atoms with Gasteiger partial charge in [0.1, 0.15) is 17.6 Å². The van der Waals surface area contributed by atoms with E-state index in [-0.39, 0.29) is 6.10 Å². The van der Waals surface area contributed by atoms with Gasteiger partial charge in [0.2, 0.25) is 0 Å². The Bertz CT molecular complexity index is 776. The van der Waals surface area contributed by atoms with Gasteiger partial charge in [0.15, 0.2) is 6.61 Å². The van der Waals surface area contributed by atoms with Crippen LogP contribution in [0.4, 0.5) is 13.2 Å². The molecule has 4 nitrogen and oxygen atoms in total. The maximum absolute atomic E-state index is 12.6. The number of alkyl halides is 3. The fourth-order valence-corrected chi connectivity index (χ4v) is 3.14. The summed E-state index contributed by atoms with van der Waals surface area (Å²) in [7, 11) is 0. The highest BCUT2D eigenvalue weighted by atomic mass is 32.2. The normalized spacial score (nSPS) is 12.5. The van der Waals surface area contributed by atoms with Crippen LogP contribution in [-0.4, -0.2) is 29.5 Å². The van der Waals surface area contributed by atoms with E-state index in [1.165, 1.54) is 23.9 Å². The van der Waals surface area contributed by atoms with Gasteiger partial charge in [-0.25, -0.2) is 4.79 Å². The molecule has 0 spiro atoms. The van der Waals surface area contributed by atoms with E-state index in [0.29, 0.717) is 17.3 Å². The summed E-state index contributed by atoms with van der Waals surface area (Å²) in [5.41, 5.74) is 0.107. The number of benzene rings is 2. The van der Waals surface area contributed by atoms with E-state index in [4.69, 9.17) is 14.6 Å². The molecule has 2 aromatic carbocycles. The van der Waals surface area contributed by atoms with Gasteiger partial charge in [0, 0.05) is 10.6 Å². The quantitative estimate of drug-likeness (QED) is 0.630. The molecule has 0 bridgehead atoms. The Balaban J connectivity index is 1.87. The molecular weight excluding hydrogens is 381 g/mol. The molecule has 0 aliphatic heterocycles. The molecule has 2 rings (SSSR count). The third kappa shape index (κ3) is 6.71. The third-order valence-corrected chi connectivity index (χ3v) is 4.72. The molecule has 2 aromatic rings. The molecule has 0 aliphatic carbocycles. The van der Waals surface area contributed by atoms with Gasteiger partial charge in [-0.05, 0) is 61.9 Å². The number of ether oxygens (including phenoxy) is 2. The van der Waals surface area contributed by atoms with Gasteiger partial charge in [-0.2, -0.15) is 13.2 Å². The van der Waals surface area contributed by atoms with E-state index in [1.807, 2.05) is 26.0 Å². The summed E-state index contributed by atoms with van der Waals surface area (Å²) in [5, 5.41) is 8.64. The number of rotatable bonds is 8. The number of hydrogen-bond acceptors (Lipinski definition) is 4. The predicted octanol–water partition coefficient (Wildman–Crippen LogP) is 5.04. The lowest BCUT2D eigenvalue weighted by molar-refractivity contribution is -0.139. The molecule has 1 atom stereocenters. The minimum atomic E-state index is -4.36. The predicted molar refractivity (Wildman–Crippen MR) is 96.6 cm³/mol. The summed E-state index contributed by atoms with van der Waals surface area (Å²) >= 11 is 1.53. The molecule has 0 saturated carbocycles. The lowest BCUT2D eigenvalue weighted by atomic mass is 10.2. The van der Waals surface area contributed by atoms with Crippen LogP contribution in [0.25, 0.3) is 0 Å². The number of carboxylic acid groups (broad SMARTS) is 1. The molecular formula is C19H19F3O4S. The second kappa shape index (κ2) is 9.03. The Morgan fingerprint density at radius 3 is 2.41 bits per heavy atom. The van der Waals surface area contributed by atoms with Crippen LogP contribution in [-0.2, 0) is 11.0 Å². The number of aliphatic carboxylic acids is 1. The van der Waals surface area contributed by atoms with E-state index in [9.17, 15) is 18.0 Å². The smallest absolute Gasteiger partial charge is 0.416 e. The number of carbonyl (C=O) groups is 1. The highest BCUT2D eigenvalue weighted by molar-refractivity contribution is 7.99. The number of carboxylic acids is 1. The summed E-state index contributed by atoms with van der Waals surface area (Å²) in [6, 6.07) is 10.0. The Morgan fingerprint density at radius 1 is 1.19 bits per heavy atom. The van der Waals surface area contributed by atoms with Crippen molar-refractivity contribution >= 4 is 17.7 Å². The monoisotopic (exact) mass is 400 g/mol. The zero-order valence-electron chi connectivity index (χ0n) is 14.7. The van der Waals surface area contributed by atoms with Crippen molar-refractivity contribution in [2.24, 2.45) is 0 Å². The summed E-state index contributed by atoms with van der Waals surface area (Å²) in [6.45, 7) is 3.26. The number of halogens is 3. The van der Waals surface area contributed by atoms with Crippen molar-refractivity contribution in [3.63, 3.8) is 0 Å². The Labute approximate surface area is 159 Å². The lowest BCUT2D eigenvalue weighted by Gasteiger charge is -2.16. The average molecular weight is 400 g/mol. The van der Waals surface area contributed by atoms with Crippen molar-refractivity contribution in [2.45, 2.75) is 31.0 Å². The summed E-state index contributed by atoms with van der Waals surface area (Å²) in [5.74, 6) is 0.443. The highest BCUT2D eigenvalue weighted by Crippen LogP contribution is 2.31. The molecule has 0 amide bonds. The van der Waals surface area contributed by atoms with E-state index in [1.54, 1.807) is 6.07 Å². The van der Waals surface area contributed by atoms with Crippen LogP contribution in [0.1, 0.15) is 18.1 Å². The number of aryl methyl sites for hydroxylation is 1. The minimum Gasteiger partial charge on any atom is -0.490 e. The van der Waals surface area contributed by atoms with Crippen LogP contribution < -0.4 is 9.47 Å². The van der Waals surface area contributed by atoms with E-state index in [0.717, 1.165) is 22.6 Å². The van der Waals surface area contributed by atoms with Gasteiger partial charge in [-0.15, -0.1) is 11.8 Å². The van der Waals surface area contributed by atoms with Gasteiger partial charge in [-0.1, -0.05) is 0 Å². The van der Waals surface area contributed by atoms with Gasteiger partial charge in [0.25, 0.3) is 0 Å². The first-order valence-electron chi connectivity index (χ1n) is 8.07. The first-order valence-corrected chi connectivity index (χ1v) is 9.05. The van der Waals surface area contributed by atoms with Crippen molar-refractivity contribution in [3.05, 3.63) is 53.6 Å². The maximum Gasteiger partial charge on any atom is 0.416 e. The van der Waals surface area contributed by atoms with Gasteiger partial charge >= 0.3 is 12.1 Å². The van der Waals surface area contributed by atoms with Crippen LogP contribution in [0, 0.1) is 6.92 Å². The topological polar surface area (TPSA) is 55.8 Å². The Kier molecular flexibility index (Phi) is 7.01. The minimum absolute atomic E-state index is 0.213. The van der Waals surface area contributed by atoms with Crippen LogP contribution in [0.3, 0.4) is 0 Å². The molecule has 8 heteroatoms. The van der Waals surface area contributed by atoms with Crippen LogP contribution in [0.5, 0.6) is 11.5 Å². The third-order valence-electron chi connectivity index (χ3n) is 3.50. The molecule has 0 saturated heterocycles. The first-order chi connectivity index (χ1) is 12.6. The van der Waals surface area contributed by atoms with Crippen molar-refractivity contribution in [3.8, 4) is 11.5 Å². The molecule has 0 heterocycles. The number of hydrogen-bond donors (Lipinski definition) is 1. The summed E-state index contributed by atoms with van der Waals surface area (Å²) < 4.78 is 48.5. The lowest BCUT2D eigenvalue weighted by Crippen LogP contribution is -2.15. The molecule has 1 N–H and O–H groups in total. The second-order valence-electron chi connectivity index (χ2n) is 5.87. The van der Waals surface area contributed by atoms with E-state index in [2.05, 4.69) is 0 Å². The molecule has 0 aliphatic rings. The van der Waals surface area contributed by atoms with Crippen molar-refractivity contribution in [2.75, 3.05) is 12.4 Å². The fourth-order valence-electron chi connectivity index (χ4n) is 2.22. The zero-order chi connectivity index (χ0) is 20.0. The maximum atomic E-state index is 12.6. The first kappa shape index (κ1) is 21.0. The molecule has 1 unspecified atom stereocenters. The van der Waals surface area contributed by atoms with Crippen molar-refractivity contribution < 1.29 is 32.5 Å². The second-order valence-corrected chi connectivity index (χ2v) is 6.96. The van der Waals surface area contributed by atoms with E-state index < -0.39 is 24.3 Å². The zero-order valence-corrected chi connectivity index (χ0v) is 15.6. The van der Waals surface area contributed by atoms with Crippen LogP contribution >= 0.6 is 11.8 Å². The Morgan fingerprint density at radius 2 is 1.85 bits per heavy atom. The fraction of sp³-hybridized carbons (Fsp3) is 0.316. The largest absolute Gasteiger partial charge is 0.490 e. The van der Waals surface area contributed by atoms with E-state index >= 15 is 0 Å². The Hall–Kier alpha value is -2.35. The SMILES string of the molecule is Cc1cc(SCC(C)Oc2ccc(C(F)(F)F)cc2)ccc1OCC(=O)O. The standard InChI is InChI=1S/C19H19F3O4S/c1-12-9-16(7-8-17(12)25-10-18(23)24)27-11-13(2)26-15-5-3-14(4-6-15)19(20,21)22/h3-9,13H,10-11H2,1-2H3,(H,23,24). The van der Waals surface area contributed by atoms with Crippen molar-refractivity contribution in [1.29, 1.82) is 0 Å². The highest BCUT2D eigenvalue weighted by Gasteiger charge is 2.30. The van der Waals surface area contributed by atoms with Gasteiger partial charge in [0.05, 0.1) is 5.56 Å².